The predicted molar refractivity (Wildman–Crippen MR) is 72.0 cm³/mol. The molecule has 0 radical (unpaired) electrons. The second-order valence-corrected chi connectivity index (χ2v) is 3.96. The van der Waals surface area contributed by atoms with Gasteiger partial charge in [-0.1, -0.05) is 0 Å². The van der Waals surface area contributed by atoms with Crippen molar-refractivity contribution in [2.45, 2.75) is 6.61 Å². The van der Waals surface area contributed by atoms with Crippen molar-refractivity contribution < 1.29 is 19.3 Å². The Morgan fingerprint density at radius 1 is 0.895 bits per heavy atom. The van der Waals surface area contributed by atoms with E-state index in [0.29, 0.717) is 12.4 Å². The highest BCUT2D eigenvalue weighted by molar-refractivity contribution is 5.40. The average molecular weight is 260 g/mol. The number of hydrogen-bond donors (Lipinski definition) is 1. The molecule has 19 heavy (non-hydrogen) atoms. The molecule has 100 valence electrons. The molecule has 0 aliphatic carbocycles. The van der Waals surface area contributed by atoms with Gasteiger partial charge in [0.15, 0.2) is 0 Å². The molecule has 0 saturated heterocycles. The zero-order chi connectivity index (χ0) is 13.7. The highest BCUT2D eigenvalue weighted by Crippen LogP contribution is 2.25. The lowest BCUT2D eigenvalue weighted by atomic mass is 10.2. The molecule has 2 aromatic carbocycles. The van der Waals surface area contributed by atoms with E-state index in [1.807, 2.05) is 24.3 Å². The maximum absolute atomic E-state index is 9.38. The first-order valence-corrected chi connectivity index (χ1v) is 5.85. The van der Waals surface area contributed by atoms with Gasteiger partial charge in [0, 0.05) is 11.6 Å². The van der Waals surface area contributed by atoms with Crippen LogP contribution in [0.15, 0.2) is 42.5 Å². The van der Waals surface area contributed by atoms with Crippen LogP contribution in [0.3, 0.4) is 0 Å². The third-order valence-electron chi connectivity index (χ3n) is 2.72. The molecule has 0 aliphatic rings. The highest BCUT2D eigenvalue weighted by Gasteiger charge is 2.05. The van der Waals surface area contributed by atoms with Crippen LogP contribution in [0.4, 0.5) is 0 Å². The first-order chi connectivity index (χ1) is 9.22. The summed E-state index contributed by atoms with van der Waals surface area (Å²) in [6.07, 6.45) is 0. The van der Waals surface area contributed by atoms with Gasteiger partial charge in [-0.3, -0.25) is 0 Å². The Kier molecular flexibility index (Phi) is 4.13. The molecule has 2 aromatic rings. The Balaban J connectivity index is 2.05. The van der Waals surface area contributed by atoms with Crippen molar-refractivity contribution in [2.24, 2.45) is 0 Å². The second kappa shape index (κ2) is 6.00. The molecule has 0 spiro atoms. The van der Waals surface area contributed by atoms with Gasteiger partial charge in [0.1, 0.15) is 29.6 Å². The number of aromatic hydroxyl groups is 1. The average Bonchev–Trinajstić information content (AvgIpc) is 2.46. The Labute approximate surface area is 112 Å². The summed E-state index contributed by atoms with van der Waals surface area (Å²) in [5, 5.41) is 9.38. The summed E-state index contributed by atoms with van der Waals surface area (Å²) in [6, 6.07) is 12.3. The number of phenolic OH excluding ortho intramolecular Hbond substituents is 1. The third kappa shape index (κ3) is 3.31. The van der Waals surface area contributed by atoms with Gasteiger partial charge in [-0.15, -0.1) is 0 Å². The number of hydrogen-bond acceptors (Lipinski definition) is 4. The topological polar surface area (TPSA) is 47.9 Å². The van der Waals surface area contributed by atoms with Crippen LogP contribution < -0.4 is 14.2 Å². The van der Waals surface area contributed by atoms with Crippen LogP contribution in [-0.2, 0) is 6.61 Å². The Bertz CT molecular complexity index is 534. The fourth-order valence-electron chi connectivity index (χ4n) is 1.69. The van der Waals surface area contributed by atoms with Crippen LogP contribution in [0.5, 0.6) is 23.0 Å². The fraction of sp³-hybridized carbons (Fsp3) is 0.200. The van der Waals surface area contributed by atoms with Crippen LogP contribution >= 0.6 is 0 Å². The van der Waals surface area contributed by atoms with Gasteiger partial charge in [0.2, 0.25) is 0 Å². The van der Waals surface area contributed by atoms with Crippen molar-refractivity contribution in [3.05, 3.63) is 48.0 Å². The van der Waals surface area contributed by atoms with E-state index in [-0.39, 0.29) is 5.75 Å². The van der Waals surface area contributed by atoms with Crippen molar-refractivity contribution in [3.8, 4) is 23.0 Å². The Morgan fingerprint density at radius 2 is 1.58 bits per heavy atom. The van der Waals surface area contributed by atoms with E-state index < -0.39 is 0 Å². The summed E-state index contributed by atoms with van der Waals surface area (Å²) in [4.78, 5) is 0. The monoisotopic (exact) mass is 260 g/mol. The standard InChI is InChI=1S/C15H16O4/c1-17-13-5-7-14(8-6-13)19-10-11-3-4-12(16)9-15(11)18-2/h3-9,16H,10H2,1-2H3. The third-order valence-corrected chi connectivity index (χ3v) is 2.72. The minimum atomic E-state index is 0.171. The van der Waals surface area contributed by atoms with Gasteiger partial charge in [-0.2, -0.15) is 0 Å². The van der Waals surface area contributed by atoms with Crippen LogP contribution in [0.2, 0.25) is 0 Å². The molecule has 4 nitrogen and oxygen atoms in total. The molecule has 0 amide bonds. The van der Waals surface area contributed by atoms with E-state index in [9.17, 15) is 5.11 Å². The molecule has 1 N–H and O–H groups in total. The predicted octanol–water partition coefficient (Wildman–Crippen LogP) is 2.99. The van der Waals surface area contributed by atoms with E-state index in [4.69, 9.17) is 14.2 Å². The van der Waals surface area contributed by atoms with Gasteiger partial charge in [0.25, 0.3) is 0 Å². The molecule has 0 aliphatic heterocycles. The molecule has 0 atom stereocenters. The van der Waals surface area contributed by atoms with E-state index in [2.05, 4.69) is 0 Å². The first-order valence-electron chi connectivity index (χ1n) is 5.85. The normalized spacial score (nSPS) is 10.0. The van der Waals surface area contributed by atoms with Gasteiger partial charge >= 0.3 is 0 Å². The molecule has 0 bridgehead atoms. The molecular formula is C15H16O4. The molecule has 4 heteroatoms. The highest BCUT2D eigenvalue weighted by atomic mass is 16.5. The number of benzene rings is 2. The lowest BCUT2D eigenvalue weighted by Gasteiger charge is -2.11. The summed E-state index contributed by atoms with van der Waals surface area (Å²) >= 11 is 0. The maximum atomic E-state index is 9.38. The molecule has 0 aromatic heterocycles. The summed E-state index contributed by atoms with van der Waals surface area (Å²) in [7, 11) is 3.18. The van der Waals surface area contributed by atoms with Crippen LogP contribution in [-0.4, -0.2) is 19.3 Å². The largest absolute Gasteiger partial charge is 0.508 e. The number of methoxy groups -OCH3 is 2. The summed E-state index contributed by atoms with van der Waals surface area (Å²) in [6.45, 7) is 0.371. The molecule has 0 saturated carbocycles. The second-order valence-electron chi connectivity index (χ2n) is 3.96. The zero-order valence-electron chi connectivity index (χ0n) is 10.9. The van der Waals surface area contributed by atoms with E-state index in [1.54, 1.807) is 32.4 Å². The van der Waals surface area contributed by atoms with Crippen molar-refractivity contribution in [2.75, 3.05) is 14.2 Å². The van der Waals surface area contributed by atoms with E-state index in [1.165, 1.54) is 0 Å². The Morgan fingerprint density at radius 3 is 2.21 bits per heavy atom. The lowest BCUT2D eigenvalue weighted by Crippen LogP contribution is -1.98. The maximum Gasteiger partial charge on any atom is 0.129 e. The molecule has 0 fully saturated rings. The SMILES string of the molecule is COc1ccc(OCc2ccc(O)cc2OC)cc1. The minimum Gasteiger partial charge on any atom is -0.508 e. The first kappa shape index (κ1) is 13.1. The number of phenols is 1. The van der Waals surface area contributed by atoms with Crippen molar-refractivity contribution in [1.82, 2.24) is 0 Å². The van der Waals surface area contributed by atoms with Gasteiger partial charge in [-0.05, 0) is 36.4 Å². The number of rotatable bonds is 5. The van der Waals surface area contributed by atoms with Crippen molar-refractivity contribution >= 4 is 0 Å². The molecule has 0 unspecified atom stereocenters. The minimum absolute atomic E-state index is 0.171. The molecule has 2 rings (SSSR count). The van der Waals surface area contributed by atoms with E-state index in [0.717, 1.165) is 17.1 Å². The smallest absolute Gasteiger partial charge is 0.129 e. The van der Waals surface area contributed by atoms with Crippen LogP contribution in [0.1, 0.15) is 5.56 Å². The Hall–Kier alpha value is -2.36. The summed E-state index contributed by atoms with van der Waals surface area (Å²) in [5.74, 6) is 2.31. The summed E-state index contributed by atoms with van der Waals surface area (Å²) in [5.41, 5.74) is 0.871. The van der Waals surface area contributed by atoms with Crippen LogP contribution in [0.25, 0.3) is 0 Å². The van der Waals surface area contributed by atoms with Crippen molar-refractivity contribution in [1.29, 1.82) is 0 Å². The molecule has 0 heterocycles. The number of ether oxygens (including phenoxy) is 3. The van der Waals surface area contributed by atoms with Gasteiger partial charge < -0.3 is 19.3 Å². The lowest BCUT2D eigenvalue weighted by molar-refractivity contribution is 0.295. The molecular weight excluding hydrogens is 244 g/mol. The summed E-state index contributed by atoms with van der Waals surface area (Å²) < 4.78 is 15.9. The van der Waals surface area contributed by atoms with Crippen LogP contribution in [0, 0.1) is 0 Å². The van der Waals surface area contributed by atoms with Crippen molar-refractivity contribution in [3.63, 3.8) is 0 Å². The zero-order valence-corrected chi connectivity index (χ0v) is 10.9. The quantitative estimate of drug-likeness (QED) is 0.897. The van der Waals surface area contributed by atoms with Gasteiger partial charge in [0.05, 0.1) is 14.2 Å². The van der Waals surface area contributed by atoms with Gasteiger partial charge in [-0.25, -0.2) is 0 Å². The van der Waals surface area contributed by atoms with E-state index >= 15 is 0 Å². The fourth-order valence-corrected chi connectivity index (χ4v) is 1.69.